The molecule has 1 aromatic carbocycles. The maximum atomic E-state index is 13.9. The molecule has 0 aliphatic carbocycles. The Bertz CT molecular complexity index is 1720. The van der Waals surface area contributed by atoms with Gasteiger partial charge in [0.15, 0.2) is 11.5 Å². The van der Waals surface area contributed by atoms with E-state index < -0.39 is 0 Å². The summed E-state index contributed by atoms with van der Waals surface area (Å²) in [6.07, 6.45) is 8.82. The van der Waals surface area contributed by atoms with E-state index in [2.05, 4.69) is 46.4 Å². The molecule has 0 fully saturated rings. The summed E-state index contributed by atoms with van der Waals surface area (Å²) >= 11 is 0. The van der Waals surface area contributed by atoms with Gasteiger partial charge < -0.3 is 15.2 Å². The standard InChI is InChI=1S/C27H24FN9/c1-37(2)7-6-31-20-9-17(11-29-13-20)18-10-21-25(35-36-26(21)32-12-18)27-33-23-15-30-14-22(24(23)34-27)16-4-3-5-19(28)8-16/h3-5,8-15,31H,6-7H2,1-2H3,(H,33,34)(H,32,35,36). The summed E-state index contributed by atoms with van der Waals surface area (Å²) in [5.41, 5.74) is 6.98. The van der Waals surface area contributed by atoms with Gasteiger partial charge in [0, 0.05) is 54.6 Å². The predicted molar refractivity (Wildman–Crippen MR) is 142 cm³/mol. The number of aromatic nitrogens is 7. The summed E-state index contributed by atoms with van der Waals surface area (Å²) in [4.78, 5) is 23.6. The molecule has 5 heterocycles. The smallest absolute Gasteiger partial charge is 0.181 e. The van der Waals surface area contributed by atoms with Gasteiger partial charge in [-0.25, -0.2) is 14.4 Å². The third-order valence-electron chi connectivity index (χ3n) is 6.14. The summed E-state index contributed by atoms with van der Waals surface area (Å²) in [5, 5.41) is 11.7. The lowest BCUT2D eigenvalue weighted by molar-refractivity contribution is 0.425. The monoisotopic (exact) mass is 493 g/mol. The normalized spacial score (nSPS) is 11.6. The number of hydrogen-bond donors (Lipinski definition) is 3. The van der Waals surface area contributed by atoms with Crippen LogP contribution >= 0.6 is 0 Å². The van der Waals surface area contributed by atoms with Gasteiger partial charge in [0.05, 0.1) is 28.3 Å². The zero-order chi connectivity index (χ0) is 25.4. The van der Waals surface area contributed by atoms with Gasteiger partial charge >= 0.3 is 0 Å². The number of anilines is 1. The molecule has 0 bridgehead atoms. The lowest BCUT2D eigenvalue weighted by atomic mass is 10.1. The van der Waals surface area contributed by atoms with Crippen molar-refractivity contribution in [1.29, 1.82) is 0 Å². The maximum Gasteiger partial charge on any atom is 0.181 e. The number of benzene rings is 1. The molecule has 0 saturated carbocycles. The quantitative estimate of drug-likeness (QED) is 0.295. The fourth-order valence-electron chi connectivity index (χ4n) is 4.28. The number of rotatable bonds is 7. The Morgan fingerprint density at radius 1 is 0.946 bits per heavy atom. The molecular weight excluding hydrogens is 469 g/mol. The van der Waals surface area contributed by atoms with E-state index in [4.69, 9.17) is 4.98 Å². The average molecular weight is 494 g/mol. The van der Waals surface area contributed by atoms with E-state index >= 15 is 0 Å². The SMILES string of the molecule is CN(C)CCNc1cncc(-c2cnc3n[nH]c(-c4nc5c(-c6cccc(F)c6)cncc5[nH]4)c3c2)c1. The van der Waals surface area contributed by atoms with E-state index in [1.807, 2.05) is 38.6 Å². The van der Waals surface area contributed by atoms with E-state index in [0.717, 1.165) is 46.4 Å². The first-order chi connectivity index (χ1) is 18.0. The molecule has 0 amide bonds. The van der Waals surface area contributed by atoms with Crippen LogP contribution in [0.2, 0.25) is 0 Å². The van der Waals surface area contributed by atoms with Crippen LogP contribution in [0.3, 0.4) is 0 Å². The summed E-state index contributed by atoms with van der Waals surface area (Å²) in [6, 6.07) is 10.5. The number of fused-ring (bicyclic) bond motifs is 2. The van der Waals surface area contributed by atoms with Crippen LogP contribution in [0.25, 0.3) is 55.8 Å². The molecule has 0 atom stereocenters. The van der Waals surface area contributed by atoms with Crippen molar-refractivity contribution in [2.24, 2.45) is 0 Å². The molecule has 0 aliphatic rings. The second kappa shape index (κ2) is 9.40. The highest BCUT2D eigenvalue weighted by Crippen LogP contribution is 2.32. The van der Waals surface area contributed by atoms with Crippen molar-refractivity contribution in [3.63, 3.8) is 0 Å². The number of halogens is 1. The van der Waals surface area contributed by atoms with E-state index in [1.165, 1.54) is 12.1 Å². The molecule has 0 aliphatic heterocycles. The van der Waals surface area contributed by atoms with Crippen LogP contribution in [-0.4, -0.2) is 67.2 Å². The average Bonchev–Trinajstić information content (AvgIpc) is 3.52. The molecule has 0 spiro atoms. The molecule has 10 heteroatoms. The van der Waals surface area contributed by atoms with Crippen LogP contribution < -0.4 is 5.32 Å². The maximum absolute atomic E-state index is 13.9. The van der Waals surface area contributed by atoms with E-state index in [-0.39, 0.29) is 5.82 Å². The van der Waals surface area contributed by atoms with E-state index in [9.17, 15) is 4.39 Å². The zero-order valence-corrected chi connectivity index (χ0v) is 20.3. The Morgan fingerprint density at radius 3 is 2.68 bits per heavy atom. The topological polar surface area (TPSA) is 111 Å². The number of likely N-dealkylation sites (N-methyl/N-ethyl adjacent to an activating group) is 1. The van der Waals surface area contributed by atoms with Gasteiger partial charge in [0.25, 0.3) is 0 Å². The predicted octanol–water partition coefficient (Wildman–Crippen LogP) is 4.74. The van der Waals surface area contributed by atoms with Crippen molar-refractivity contribution in [3.8, 4) is 33.8 Å². The number of aromatic amines is 2. The Kier molecular flexibility index (Phi) is 5.78. The minimum Gasteiger partial charge on any atom is -0.382 e. The van der Waals surface area contributed by atoms with Crippen molar-refractivity contribution in [1.82, 2.24) is 40.0 Å². The van der Waals surface area contributed by atoms with Gasteiger partial charge in [-0.15, -0.1) is 0 Å². The molecule has 0 radical (unpaired) electrons. The highest BCUT2D eigenvalue weighted by Gasteiger charge is 2.16. The number of nitrogens with zero attached hydrogens (tertiary/aromatic N) is 6. The van der Waals surface area contributed by atoms with E-state index in [0.29, 0.717) is 28.2 Å². The molecular formula is C27H24FN9. The summed E-state index contributed by atoms with van der Waals surface area (Å²) < 4.78 is 13.9. The third-order valence-corrected chi connectivity index (χ3v) is 6.14. The molecule has 6 aromatic rings. The van der Waals surface area contributed by atoms with Gasteiger partial charge in [-0.1, -0.05) is 12.1 Å². The van der Waals surface area contributed by atoms with Gasteiger partial charge in [0.2, 0.25) is 0 Å². The molecule has 5 aromatic heterocycles. The van der Waals surface area contributed by atoms with Crippen molar-refractivity contribution in [2.75, 3.05) is 32.5 Å². The second-order valence-corrected chi connectivity index (χ2v) is 9.07. The van der Waals surface area contributed by atoms with Gasteiger partial charge in [-0.3, -0.25) is 15.1 Å². The molecule has 0 unspecified atom stereocenters. The minimum absolute atomic E-state index is 0.310. The van der Waals surface area contributed by atoms with Gasteiger partial charge in [0.1, 0.15) is 11.5 Å². The Morgan fingerprint density at radius 2 is 1.81 bits per heavy atom. The highest BCUT2D eigenvalue weighted by atomic mass is 19.1. The number of imidazole rings is 1. The third kappa shape index (κ3) is 4.50. The van der Waals surface area contributed by atoms with Crippen molar-refractivity contribution < 1.29 is 4.39 Å². The van der Waals surface area contributed by atoms with Crippen LogP contribution in [0, 0.1) is 5.82 Å². The fraction of sp³-hybridized carbons (Fsp3) is 0.148. The Balaban J connectivity index is 1.38. The van der Waals surface area contributed by atoms with Crippen LogP contribution in [0.15, 0.2) is 67.4 Å². The lowest BCUT2D eigenvalue weighted by Crippen LogP contribution is -2.20. The Hall–Kier alpha value is -4.70. The summed E-state index contributed by atoms with van der Waals surface area (Å²) in [7, 11) is 4.08. The summed E-state index contributed by atoms with van der Waals surface area (Å²) in [5.74, 6) is 0.286. The first-order valence-electron chi connectivity index (χ1n) is 11.8. The summed E-state index contributed by atoms with van der Waals surface area (Å²) in [6.45, 7) is 1.74. The van der Waals surface area contributed by atoms with Gasteiger partial charge in [-0.2, -0.15) is 5.10 Å². The number of pyridine rings is 3. The van der Waals surface area contributed by atoms with Crippen molar-refractivity contribution in [2.45, 2.75) is 0 Å². The van der Waals surface area contributed by atoms with Crippen LogP contribution in [0.5, 0.6) is 0 Å². The van der Waals surface area contributed by atoms with Crippen LogP contribution in [0.1, 0.15) is 0 Å². The van der Waals surface area contributed by atoms with E-state index in [1.54, 1.807) is 24.7 Å². The lowest BCUT2D eigenvalue weighted by Gasteiger charge is -2.11. The largest absolute Gasteiger partial charge is 0.382 e. The Labute approximate surface area is 211 Å². The molecule has 184 valence electrons. The number of hydrogen-bond acceptors (Lipinski definition) is 7. The molecule has 3 N–H and O–H groups in total. The number of H-pyrrole nitrogens is 2. The molecule has 0 saturated heterocycles. The number of nitrogens with one attached hydrogen (secondary N) is 3. The minimum atomic E-state index is -0.310. The van der Waals surface area contributed by atoms with Crippen LogP contribution in [0.4, 0.5) is 10.1 Å². The highest BCUT2D eigenvalue weighted by molar-refractivity contribution is 5.96. The fourth-order valence-corrected chi connectivity index (χ4v) is 4.28. The van der Waals surface area contributed by atoms with Gasteiger partial charge in [-0.05, 0) is 43.9 Å². The van der Waals surface area contributed by atoms with Crippen molar-refractivity contribution >= 4 is 27.8 Å². The molecule has 6 rings (SSSR count). The van der Waals surface area contributed by atoms with Crippen molar-refractivity contribution in [3.05, 3.63) is 73.2 Å². The van der Waals surface area contributed by atoms with Crippen LogP contribution in [-0.2, 0) is 0 Å². The molecule has 37 heavy (non-hydrogen) atoms. The molecule has 9 nitrogen and oxygen atoms in total. The first kappa shape index (κ1) is 22.7. The second-order valence-electron chi connectivity index (χ2n) is 9.07. The zero-order valence-electron chi connectivity index (χ0n) is 20.3. The first-order valence-corrected chi connectivity index (χ1v) is 11.8.